The molecule has 1 heteroatoms. The molecule has 1 unspecified atom stereocenters. The minimum Gasteiger partial charge on any atom is -0.122 e. The van der Waals surface area contributed by atoms with Crippen molar-refractivity contribution in [2.24, 2.45) is 0 Å². The number of allylic oxidation sites excluding steroid dienone is 1. The van der Waals surface area contributed by atoms with Gasteiger partial charge >= 0.3 is 0 Å². The van der Waals surface area contributed by atoms with E-state index < -0.39 is 0 Å². The summed E-state index contributed by atoms with van der Waals surface area (Å²) in [5.41, 5.74) is 5.67. The lowest BCUT2D eigenvalue weighted by Gasteiger charge is -2.14. The number of hydrogen-bond donors (Lipinski definition) is 0. The SMILES string of the molecule is Cc1ccc(/C=C(/CCl)C(C#Cc2ccccc2)c2ccccc2)cc1. The maximum atomic E-state index is 6.34. The van der Waals surface area contributed by atoms with Gasteiger partial charge in [-0.1, -0.05) is 96.3 Å². The molecule has 0 fully saturated rings. The van der Waals surface area contributed by atoms with Crippen LogP contribution in [0, 0.1) is 18.8 Å². The Bertz CT molecular complexity index is 911. The van der Waals surface area contributed by atoms with Crippen LogP contribution in [0.15, 0.2) is 90.5 Å². The largest absolute Gasteiger partial charge is 0.122 e. The molecule has 26 heavy (non-hydrogen) atoms. The lowest BCUT2D eigenvalue weighted by Crippen LogP contribution is -2.02. The van der Waals surface area contributed by atoms with Crippen molar-refractivity contribution < 1.29 is 0 Å². The van der Waals surface area contributed by atoms with Gasteiger partial charge in [0.05, 0.1) is 5.92 Å². The fourth-order valence-electron chi connectivity index (χ4n) is 2.79. The standard InChI is InChI=1S/C25H21Cl/c1-20-12-14-22(15-13-20)18-24(19-26)25(23-10-6-3-7-11-23)17-16-21-8-4-2-5-9-21/h2-15,18,25H,19H2,1H3/b24-18-. The van der Waals surface area contributed by atoms with Gasteiger partial charge in [0.2, 0.25) is 0 Å². The molecule has 0 radical (unpaired) electrons. The van der Waals surface area contributed by atoms with Crippen molar-refractivity contribution in [1.29, 1.82) is 0 Å². The van der Waals surface area contributed by atoms with Gasteiger partial charge in [0.15, 0.2) is 0 Å². The molecule has 3 aromatic carbocycles. The molecule has 0 spiro atoms. The Morgan fingerprint density at radius 1 is 0.885 bits per heavy atom. The number of aryl methyl sites for hydroxylation is 1. The van der Waals surface area contributed by atoms with Crippen LogP contribution in [0.4, 0.5) is 0 Å². The summed E-state index contributed by atoms with van der Waals surface area (Å²) in [6, 6.07) is 28.9. The third-order valence-electron chi connectivity index (χ3n) is 4.22. The maximum absolute atomic E-state index is 6.34. The second-order valence-electron chi connectivity index (χ2n) is 6.24. The highest BCUT2D eigenvalue weighted by Gasteiger charge is 2.13. The fraction of sp³-hybridized carbons (Fsp3) is 0.120. The monoisotopic (exact) mass is 356 g/mol. The minimum absolute atomic E-state index is 0.0322. The van der Waals surface area contributed by atoms with E-state index in [1.54, 1.807) is 0 Å². The average molecular weight is 357 g/mol. The predicted molar refractivity (Wildman–Crippen MR) is 112 cm³/mol. The Hall–Kier alpha value is -2.75. The smallest absolute Gasteiger partial charge is 0.0680 e. The van der Waals surface area contributed by atoms with E-state index in [1.165, 1.54) is 5.56 Å². The average Bonchev–Trinajstić information content (AvgIpc) is 2.70. The summed E-state index contributed by atoms with van der Waals surface area (Å²) >= 11 is 6.34. The topological polar surface area (TPSA) is 0 Å². The van der Waals surface area contributed by atoms with Gasteiger partial charge in [-0.3, -0.25) is 0 Å². The first-order chi connectivity index (χ1) is 12.8. The van der Waals surface area contributed by atoms with Crippen LogP contribution >= 0.6 is 11.6 Å². The Morgan fingerprint density at radius 3 is 2.12 bits per heavy atom. The Morgan fingerprint density at radius 2 is 1.50 bits per heavy atom. The molecule has 0 nitrogen and oxygen atoms in total. The Kier molecular flexibility index (Phi) is 6.31. The predicted octanol–water partition coefficient (Wildman–Crippen LogP) is 6.45. The molecule has 128 valence electrons. The highest BCUT2D eigenvalue weighted by molar-refractivity contribution is 6.20. The third-order valence-corrected chi connectivity index (χ3v) is 4.53. The van der Waals surface area contributed by atoms with Crippen molar-refractivity contribution in [3.05, 3.63) is 113 Å². The molecule has 0 bridgehead atoms. The van der Waals surface area contributed by atoms with Crippen LogP contribution in [0.1, 0.15) is 28.2 Å². The van der Waals surface area contributed by atoms with Gasteiger partial charge in [-0.2, -0.15) is 0 Å². The third kappa shape index (κ3) is 4.88. The van der Waals surface area contributed by atoms with E-state index in [0.29, 0.717) is 5.88 Å². The van der Waals surface area contributed by atoms with E-state index >= 15 is 0 Å². The maximum Gasteiger partial charge on any atom is 0.0680 e. The second kappa shape index (κ2) is 9.09. The van der Waals surface area contributed by atoms with Crippen LogP contribution in [0.3, 0.4) is 0 Å². The van der Waals surface area contributed by atoms with Crippen molar-refractivity contribution in [2.75, 3.05) is 5.88 Å². The first kappa shape index (κ1) is 18.1. The number of halogens is 1. The zero-order chi connectivity index (χ0) is 18.2. The Balaban J connectivity index is 2.01. The van der Waals surface area contributed by atoms with Crippen molar-refractivity contribution in [3.8, 4) is 11.8 Å². The van der Waals surface area contributed by atoms with Crippen molar-refractivity contribution in [3.63, 3.8) is 0 Å². The number of hydrogen-bond acceptors (Lipinski definition) is 0. The van der Waals surface area contributed by atoms with Crippen LogP contribution in [0.2, 0.25) is 0 Å². The van der Waals surface area contributed by atoms with Crippen molar-refractivity contribution >= 4 is 17.7 Å². The fourth-order valence-corrected chi connectivity index (χ4v) is 3.02. The van der Waals surface area contributed by atoms with Crippen LogP contribution in [0.25, 0.3) is 6.08 Å². The van der Waals surface area contributed by atoms with E-state index in [2.05, 4.69) is 61.2 Å². The summed E-state index contributed by atoms with van der Waals surface area (Å²) < 4.78 is 0. The molecule has 3 aromatic rings. The summed E-state index contributed by atoms with van der Waals surface area (Å²) in [6.45, 7) is 2.09. The molecule has 0 aliphatic carbocycles. The second-order valence-corrected chi connectivity index (χ2v) is 6.51. The quantitative estimate of drug-likeness (QED) is 0.372. The van der Waals surface area contributed by atoms with Crippen LogP contribution in [-0.4, -0.2) is 5.88 Å². The molecule has 0 aliphatic rings. The number of rotatable bonds is 4. The molecule has 0 saturated carbocycles. The van der Waals surface area contributed by atoms with Gasteiger partial charge in [0, 0.05) is 11.4 Å². The first-order valence-electron chi connectivity index (χ1n) is 8.71. The lowest BCUT2D eigenvalue weighted by molar-refractivity contribution is 1.04. The molecule has 0 N–H and O–H groups in total. The summed E-state index contributed by atoms with van der Waals surface area (Å²) in [4.78, 5) is 0. The van der Waals surface area contributed by atoms with E-state index in [-0.39, 0.29) is 5.92 Å². The van der Waals surface area contributed by atoms with Crippen molar-refractivity contribution in [2.45, 2.75) is 12.8 Å². The van der Waals surface area contributed by atoms with Gasteiger partial charge in [-0.25, -0.2) is 0 Å². The number of alkyl halides is 1. The van der Waals surface area contributed by atoms with E-state index in [9.17, 15) is 0 Å². The van der Waals surface area contributed by atoms with Crippen LogP contribution < -0.4 is 0 Å². The summed E-state index contributed by atoms with van der Waals surface area (Å²) in [5, 5.41) is 0. The van der Waals surface area contributed by atoms with Gasteiger partial charge in [0.25, 0.3) is 0 Å². The lowest BCUT2D eigenvalue weighted by atomic mass is 9.90. The molecule has 0 saturated heterocycles. The molecule has 1 atom stereocenters. The molecule has 0 amide bonds. The zero-order valence-corrected chi connectivity index (χ0v) is 15.6. The van der Waals surface area contributed by atoms with E-state index in [1.807, 2.05) is 48.5 Å². The zero-order valence-electron chi connectivity index (χ0n) is 14.8. The molecular weight excluding hydrogens is 336 g/mol. The summed E-state index contributed by atoms with van der Waals surface area (Å²) in [5.74, 6) is 7.14. The molecule has 0 heterocycles. The van der Waals surface area contributed by atoms with Gasteiger partial charge in [-0.15, -0.1) is 11.6 Å². The van der Waals surface area contributed by atoms with Crippen molar-refractivity contribution in [1.82, 2.24) is 0 Å². The van der Waals surface area contributed by atoms with Gasteiger partial charge in [0.1, 0.15) is 0 Å². The Labute approximate surface area is 161 Å². The van der Waals surface area contributed by atoms with Crippen LogP contribution in [0.5, 0.6) is 0 Å². The van der Waals surface area contributed by atoms with Gasteiger partial charge in [-0.05, 0) is 35.8 Å². The summed E-state index contributed by atoms with van der Waals surface area (Å²) in [7, 11) is 0. The first-order valence-corrected chi connectivity index (χ1v) is 9.24. The molecular formula is C25H21Cl. The summed E-state index contributed by atoms with van der Waals surface area (Å²) in [6.07, 6.45) is 2.16. The van der Waals surface area contributed by atoms with E-state index in [0.717, 1.165) is 22.3 Å². The molecule has 0 aromatic heterocycles. The normalized spacial score (nSPS) is 12.2. The van der Waals surface area contributed by atoms with E-state index in [4.69, 9.17) is 11.6 Å². The molecule has 3 rings (SSSR count). The highest BCUT2D eigenvalue weighted by atomic mass is 35.5. The van der Waals surface area contributed by atoms with Gasteiger partial charge < -0.3 is 0 Å². The minimum atomic E-state index is -0.0322. The highest BCUT2D eigenvalue weighted by Crippen LogP contribution is 2.27. The molecule has 0 aliphatic heterocycles. The number of benzene rings is 3. The van der Waals surface area contributed by atoms with Crippen LogP contribution in [-0.2, 0) is 0 Å².